The van der Waals surface area contributed by atoms with E-state index in [0.29, 0.717) is 6.54 Å². The SMILES string of the molecule is O=C(Nc1cccnc1Cl)Nc1ccc(Cl)c(S(=O)(=O)CC2CCCNC2)c1O. The normalized spacial score (nSPS) is 17.0. The average Bonchev–Trinajstić information content (AvgIpc) is 2.66. The van der Waals surface area contributed by atoms with Crippen LogP contribution in [0, 0.1) is 5.92 Å². The van der Waals surface area contributed by atoms with Crippen LogP contribution in [0.2, 0.25) is 10.2 Å². The summed E-state index contributed by atoms with van der Waals surface area (Å²) in [5.74, 6) is -0.820. The summed E-state index contributed by atoms with van der Waals surface area (Å²) in [6.45, 7) is 1.45. The van der Waals surface area contributed by atoms with E-state index in [4.69, 9.17) is 23.2 Å². The van der Waals surface area contributed by atoms with Gasteiger partial charge >= 0.3 is 6.03 Å². The van der Waals surface area contributed by atoms with Crippen molar-refractivity contribution in [1.82, 2.24) is 10.3 Å². The molecule has 2 aromatic rings. The number of hydrogen-bond donors (Lipinski definition) is 4. The van der Waals surface area contributed by atoms with E-state index in [0.717, 1.165) is 19.4 Å². The topological polar surface area (TPSA) is 120 Å². The number of urea groups is 1. The number of aromatic hydroxyl groups is 1. The minimum atomic E-state index is -3.87. The molecule has 1 unspecified atom stereocenters. The van der Waals surface area contributed by atoms with E-state index < -0.39 is 21.6 Å². The molecule has 29 heavy (non-hydrogen) atoms. The maximum atomic E-state index is 12.9. The molecule has 0 spiro atoms. The molecule has 4 N–H and O–H groups in total. The molecular formula is C18H20Cl2N4O4S. The smallest absolute Gasteiger partial charge is 0.323 e. The van der Waals surface area contributed by atoms with Crippen molar-refractivity contribution in [2.24, 2.45) is 5.92 Å². The maximum absolute atomic E-state index is 12.9. The Labute approximate surface area is 178 Å². The van der Waals surface area contributed by atoms with Gasteiger partial charge in [-0.1, -0.05) is 23.2 Å². The fourth-order valence-corrected chi connectivity index (χ4v) is 5.67. The number of benzene rings is 1. The Balaban J connectivity index is 1.81. The summed E-state index contributed by atoms with van der Waals surface area (Å²) in [4.78, 5) is 15.7. The third-order valence-corrected chi connectivity index (χ3v) is 7.18. The van der Waals surface area contributed by atoms with E-state index in [1.807, 2.05) is 0 Å². The van der Waals surface area contributed by atoms with Crippen LogP contribution in [-0.4, -0.2) is 43.4 Å². The van der Waals surface area contributed by atoms with Crippen molar-refractivity contribution in [1.29, 1.82) is 0 Å². The van der Waals surface area contributed by atoms with Crippen molar-refractivity contribution >= 4 is 50.4 Å². The Hall–Kier alpha value is -2.07. The van der Waals surface area contributed by atoms with E-state index >= 15 is 0 Å². The predicted octanol–water partition coefficient (Wildman–Crippen LogP) is 3.51. The van der Waals surface area contributed by atoms with Crippen LogP contribution >= 0.6 is 23.2 Å². The van der Waals surface area contributed by atoms with Gasteiger partial charge in [0.2, 0.25) is 0 Å². The van der Waals surface area contributed by atoms with Gasteiger partial charge in [-0.05, 0) is 56.1 Å². The Kier molecular flexibility index (Phi) is 6.84. The molecule has 1 aromatic heterocycles. The van der Waals surface area contributed by atoms with Crippen LogP contribution in [0.1, 0.15) is 12.8 Å². The number of nitrogens with one attached hydrogen (secondary N) is 3. The molecule has 0 radical (unpaired) electrons. The second kappa shape index (κ2) is 9.17. The highest BCUT2D eigenvalue weighted by Gasteiger charge is 2.29. The zero-order valence-electron chi connectivity index (χ0n) is 15.3. The number of amides is 2. The molecule has 11 heteroatoms. The van der Waals surface area contributed by atoms with Crippen molar-refractivity contribution in [2.45, 2.75) is 17.7 Å². The summed E-state index contributed by atoms with van der Waals surface area (Å²) in [6.07, 6.45) is 3.13. The van der Waals surface area contributed by atoms with E-state index in [-0.39, 0.29) is 38.1 Å². The van der Waals surface area contributed by atoms with E-state index in [1.54, 1.807) is 12.1 Å². The molecule has 8 nitrogen and oxygen atoms in total. The highest BCUT2D eigenvalue weighted by Crippen LogP contribution is 2.38. The zero-order valence-corrected chi connectivity index (χ0v) is 17.6. The molecule has 1 fully saturated rings. The quantitative estimate of drug-likeness (QED) is 0.401. The molecule has 0 bridgehead atoms. The third-order valence-electron chi connectivity index (χ3n) is 4.50. The largest absolute Gasteiger partial charge is 0.504 e. The fourth-order valence-electron chi connectivity index (χ4n) is 3.16. The van der Waals surface area contributed by atoms with Gasteiger partial charge in [-0.15, -0.1) is 0 Å². The molecule has 3 rings (SSSR count). The van der Waals surface area contributed by atoms with Gasteiger partial charge in [-0.25, -0.2) is 18.2 Å². The second-order valence-corrected chi connectivity index (χ2v) is 9.42. The lowest BCUT2D eigenvalue weighted by Crippen LogP contribution is -2.33. The Morgan fingerprint density at radius 2 is 2.00 bits per heavy atom. The van der Waals surface area contributed by atoms with Gasteiger partial charge in [0, 0.05) is 6.20 Å². The van der Waals surface area contributed by atoms with Crippen molar-refractivity contribution in [2.75, 3.05) is 29.5 Å². The van der Waals surface area contributed by atoms with Gasteiger partial charge in [-0.2, -0.15) is 0 Å². The first-order valence-electron chi connectivity index (χ1n) is 8.91. The Bertz CT molecular complexity index is 1010. The number of rotatable bonds is 5. The van der Waals surface area contributed by atoms with Crippen molar-refractivity contribution < 1.29 is 18.3 Å². The standard InChI is InChI=1S/C18H20Cl2N4O4S/c19-12-5-6-13(23-18(26)24-14-4-2-8-22-17(14)20)15(25)16(12)29(27,28)10-11-3-1-7-21-9-11/h2,4-6,8,11,21,25H,1,3,7,9-10H2,(H2,23,24,26). The molecule has 2 heterocycles. The van der Waals surface area contributed by atoms with Gasteiger partial charge in [0.15, 0.2) is 20.7 Å². The summed E-state index contributed by atoms with van der Waals surface area (Å²) < 4.78 is 25.8. The lowest BCUT2D eigenvalue weighted by Gasteiger charge is -2.23. The van der Waals surface area contributed by atoms with E-state index in [2.05, 4.69) is 20.9 Å². The van der Waals surface area contributed by atoms with E-state index in [1.165, 1.54) is 18.3 Å². The molecule has 0 saturated carbocycles. The molecule has 1 aliphatic rings. The van der Waals surface area contributed by atoms with Crippen LogP contribution in [0.4, 0.5) is 16.2 Å². The number of sulfone groups is 1. The number of phenolic OH excluding ortho intramolecular Hbond substituents is 1. The van der Waals surface area contributed by atoms with Crippen LogP contribution in [0.15, 0.2) is 35.4 Å². The first kappa shape index (κ1) is 21.6. The number of nitrogens with zero attached hydrogens (tertiary/aromatic N) is 1. The maximum Gasteiger partial charge on any atom is 0.323 e. The third kappa shape index (κ3) is 5.30. The number of halogens is 2. The summed E-state index contributed by atoms with van der Waals surface area (Å²) in [7, 11) is -3.87. The second-order valence-electron chi connectivity index (χ2n) is 6.69. The van der Waals surface area contributed by atoms with Crippen molar-refractivity contribution in [3.8, 4) is 5.75 Å². The van der Waals surface area contributed by atoms with Gasteiger partial charge in [0.1, 0.15) is 4.90 Å². The molecule has 1 atom stereocenters. The van der Waals surface area contributed by atoms with Gasteiger partial charge in [-0.3, -0.25) is 0 Å². The minimum absolute atomic E-state index is 0.0724. The molecule has 0 aliphatic carbocycles. The monoisotopic (exact) mass is 458 g/mol. The van der Waals surface area contributed by atoms with Crippen LogP contribution < -0.4 is 16.0 Å². The lowest BCUT2D eigenvalue weighted by molar-refractivity contribution is 0.262. The Morgan fingerprint density at radius 1 is 1.24 bits per heavy atom. The highest BCUT2D eigenvalue weighted by atomic mass is 35.5. The zero-order chi connectivity index (χ0) is 21.0. The summed E-state index contributed by atoms with van der Waals surface area (Å²) in [5, 5.41) is 18.6. The molecule has 156 valence electrons. The fraction of sp³-hybridized carbons (Fsp3) is 0.333. The number of anilines is 2. The predicted molar refractivity (Wildman–Crippen MR) is 113 cm³/mol. The van der Waals surface area contributed by atoms with Crippen LogP contribution in [0.5, 0.6) is 5.75 Å². The molecule has 1 saturated heterocycles. The first-order valence-corrected chi connectivity index (χ1v) is 11.3. The number of carbonyl (C=O) groups is 1. The number of carbonyl (C=O) groups excluding carboxylic acids is 1. The van der Waals surface area contributed by atoms with Crippen LogP contribution in [-0.2, 0) is 9.84 Å². The van der Waals surface area contributed by atoms with Crippen molar-refractivity contribution in [3.63, 3.8) is 0 Å². The van der Waals surface area contributed by atoms with Gasteiger partial charge in [0.05, 0.1) is 22.2 Å². The number of pyridine rings is 1. The number of phenols is 1. The Morgan fingerprint density at radius 3 is 2.69 bits per heavy atom. The highest BCUT2D eigenvalue weighted by molar-refractivity contribution is 7.91. The number of piperidine rings is 1. The van der Waals surface area contributed by atoms with Gasteiger partial charge in [0.25, 0.3) is 0 Å². The van der Waals surface area contributed by atoms with Crippen molar-refractivity contribution in [3.05, 3.63) is 40.6 Å². The molecule has 1 aliphatic heterocycles. The summed E-state index contributed by atoms with van der Waals surface area (Å²) in [5.41, 5.74) is 0.171. The molecule has 1 aromatic carbocycles. The van der Waals surface area contributed by atoms with Crippen LogP contribution in [0.3, 0.4) is 0 Å². The summed E-state index contributed by atoms with van der Waals surface area (Å²) in [6, 6.07) is 5.05. The lowest BCUT2D eigenvalue weighted by atomic mass is 10.0. The van der Waals surface area contributed by atoms with E-state index in [9.17, 15) is 18.3 Å². The summed E-state index contributed by atoms with van der Waals surface area (Å²) >= 11 is 12.0. The number of aromatic nitrogens is 1. The van der Waals surface area contributed by atoms with Crippen LogP contribution in [0.25, 0.3) is 0 Å². The molecule has 2 amide bonds. The number of hydrogen-bond acceptors (Lipinski definition) is 6. The average molecular weight is 459 g/mol. The minimum Gasteiger partial charge on any atom is -0.504 e. The first-order chi connectivity index (χ1) is 13.8. The molecular weight excluding hydrogens is 439 g/mol. The van der Waals surface area contributed by atoms with Gasteiger partial charge < -0.3 is 21.1 Å².